The van der Waals surface area contributed by atoms with Gasteiger partial charge in [-0.15, -0.1) is 0 Å². The molecule has 4 rings (SSSR count). The molecule has 1 aromatic heterocycles. The van der Waals surface area contributed by atoms with Crippen LogP contribution in [0.25, 0.3) is 11.4 Å². The number of hydrogen-bond donors (Lipinski definition) is 1. The second kappa shape index (κ2) is 10.8. The highest BCUT2D eigenvalue weighted by atomic mass is 35.5. The van der Waals surface area contributed by atoms with Crippen molar-refractivity contribution in [1.82, 2.24) is 15.0 Å². The van der Waals surface area contributed by atoms with Crippen molar-refractivity contribution in [3.05, 3.63) is 47.3 Å². The summed E-state index contributed by atoms with van der Waals surface area (Å²) in [4.78, 5) is 19.6. The predicted molar refractivity (Wildman–Crippen MR) is 127 cm³/mol. The summed E-state index contributed by atoms with van der Waals surface area (Å²) in [5.41, 5.74) is 1.33. The number of halogens is 1. The van der Waals surface area contributed by atoms with Crippen LogP contribution in [0.15, 0.2) is 40.9 Å². The zero-order chi connectivity index (χ0) is 24.1. The molecule has 10 heteroatoms. The summed E-state index contributed by atoms with van der Waals surface area (Å²) >= 11 is 6.08. The van der Waals surface area contributed by atoms with Crippen LogP contribution in [0.1, 0.15) is 18.7 Å². The number of aromatic nitrogens is 2. The smallest absolute Gasteiger partial charge is 0.241 e. The molecule has 0 bridgehead atoms. The molecule has 1 N–H and O–H groups in total. The molecule has 0 saturated carbocycles. The number of methoxy groups -OCH3 is 3. The molecule has 1 fully saturated rings. The maximum absolute atomic E-state index is 12.9. The van der Waals surface area contributed by atoms with E-state index in [1.54, 1.807) is 51.7 Å². The van der Waals surface area contributed by atoms with Crippen LogP contribution < -0.4 is 19.5 Å². The van der Waals surface area contributed by atoms with Gasteiger partial charge in [-0.05, 0) is 55.8 Å². The first kappa shape index (κ1) is 23.8. The molecule has 34 heavy (non-hydrogen) atoms. The van der Waals surface area contributed by atoms with E-state index in [1.165, 1.54) is 0 Å². The van der Waals surface area contributed by atoms with Crippen molar-refractivity contribution in [3.63, 3.8) is 0 Å². The average molecular weight is 487 g/mol. The third-order valence-electron chi connectivity index (χ3n) is 5.76. The zero-order valence-corrected chi connectivity index (χ0v) is 20.1. The molecule has 1 saturated heterocycles. The van der Waals surface area contributed by atoms with Gasteiger partial charge in [0.25, 0.3) is 0 Å². The minimum Gasteiger partial charge on any atom is -0.495 e. The molecule has 9 nitrogen and oxygen atoms in total. The van der Waals surface area contributed by atoms with Crippen LogP contribution >= 0.6 is 11.6 Å². The average Bonchev–Trinajstić information content (AvgIpc) is 3.32. The summed E-state index contributed by atoms with van der Waals surface area (Å²) in [6.07, 6.45) is 1.69. The first-order valence-corrected chi connectivity index (χ1v) is 11.3. The van der Waals surface area contributed by atoms with Gasteiger partial charge in [0.15, 0.2) is 11.5 Å². The highest BCUT2D eigenvalue weighted by molar-refractivity contribution is 6.31. The van der Waals surface area contributed by atoms with E-state index < -0.39 is 0 Å². The van der Waals surface area contributed by atoms with Gasteiger partial charge in [0.2, 0.25) is 17.6 Å². The van der Waals surface area contributed by atoms with Crippen molar-refractivity contribution in [2.75, 3.05) is 39.7 Å². The Morgan fingerprint density at radius 1 is 1.12 bits per heavy atom. The highest BCUT2D eigenvalue weighted by Crippen LogP contribution is 2.32. The number of carbonyl (C=O) groups excluding carboxylic acids is 1. The summed E-state index contributed by atoms with van der Waals surface area (Å²) in [6, 6.07) is 10.6. The van der Waals surface area contributed by atoms with Crippen molar-refractivity contribution in [2.24, 2.45) is 5.92 Å². The number of carbonyl (C=O) groups is 1. The number of amides is 1. The fourth-order valence-corrected chi connectivity index (χ4v) is 4.20. The van der Waals surface area contributed by atoms with Crippen molar-refractivity contribution >= 4 is 23.2 Å². The third-order valence-corrected chi connectivity index (χ3v) is 6.00. The molecule has 0 radical (unpaired) electrons. The molecule has 1 atom stereocenters. The van der Waals surface area contributed by atoms with E-state index in [0.717, 1.165) is 24.9 Å². The van der Waals surface area contributed by atoms with E-state index in [2.05, 4.69) is 20.4 Å². The second-order valence-corrected chi connectivity index (χ2v) is 8.43. The van der Waals surface area contributed by atoms with Crippen molar-refractivity contribution in [1.29, 1.82) is 0 Å². The summed E-state index contributed by atoms with van der Waals surface area (Å²) < 4.78 is 21.4. The number of rotatable bonds is 8. The number of anilines is 1. The van der Waals surface area contributed by atoms with Gasteiger partial charge >= 0.3 is 0 Å². The van der Waals surface area contributed by atoms with Crippen LogP contribution in [0, 0.1) is 5.92 Å². The van der Waals surface area contributed by atoms with E-state index in [4.69, 9.17) is 30.3 Å². The molecule has 180 valence electrons. The van der Waals surface area contributed by atoms with Crippen LogP contribution in [0.4, 0.5) is 5.69 Å². The van der Waals surface area contributed by atoms with Crippen LogP contribution in [0.2, 0.25) is 5.02 Å². The molecule has 1 unspecified atom stereocenters. The van der Waals surface area contributed by atoms with E-state index >= 15 is 0 Å². The van der Waals surface area contributed by atoms with Gasteiger partial charge in [0, 0.05) is 17.1 Å². The molecule has 0 spiro atoms. The SMILES string of the molecule is COc1ccc(Cl)cc1NC(=O)C1CCCN(Cc2nc(-c3ccc(OC)c(OC)c3)no2)C1. The topological polar surface area (TPSA) is 99.0 Å². The molecular formula is C24H27ClN4O5. The molecule has 1 aliphatic rings. The van der Waals surface area contributed by atoms with E-state index in [-0.39, 0.29) is 11.8 Å². The number of likely N-dealkylation sites (tertiary alicyclic amines) is 1. The number of piperidine rings is 1. The maximum atomic E-state index is 12.9. The Hall–Kier alpha value is -3.30. The fraction of sp³-hybridized carbons (Fsp3) is 0.375. The Balaban J connectivity index is 1.40. The lowest BCUT2D eigenvalue weighted by Crippen LogP contribution is -2.40. The van der Waals surface area contributed by atoms with Gasteiger partial charge in [-0.3, -0.25) is 9.69 Å². The van der Waals surface area contributed by atoms with Gasteiger partial charge in [-0.1, -0.05) is 16.8 Å². The lowest BCUT2D eigenvalue weighted by atomic mass is 9.97. The van der Waals surface area contributed by atoms with Crippen LogP contribution in [0.3, 0.4) is 0 Å². The largest absolute Gasteiger partial charge is 0.495 e. The maximum Gasteiger partial charge on any atom is 0.241 e. The summed E-state index contributed by atoms with van der Waals surface area (Å²) in [7, 11) is 4.72. The van der Waals surface area contributed by atoms with E-state index in [1.807, 2.05) is 6.07 Å². The molecule has 0 aliphatic carbocycles. The molecule has 1 amide bonds. The predicted octanol–water partition coefficient (Wildman–Crippen LogP) is 4.27. The van der Waals surface area contributed by atoms with Gasteiger partial charge in [0.05, 0.1) is 39.5 Å². The first-order valence-electron chi connectivity index (χ1n) is 10.9. The molecule has 2 heterocycles. The van der Waals surface area contributed by atoms with Crippen molar-refractivity contribution in [2.45, 2.75) is 19.4 Å². The van der Waals surface area contributed by atoms with E-state index in [0.29, 0.717) is 52.8 Å². The quantitative estimate of drug-likeness (QED) is 0.504. The number of nitrogens with one attached hydrogen (secondary N) is 1. The summed E-state index contributed by atoms with van der Waals surface area (Å²) in [5.74, 6) is 2.50. The monoisotopic (exact) mass is 486 g/mol. The Bertz CT molecular complexity index is 1150. The van der Waals surface area contributed by atoms with Gasteiger partial charge < -0.3 is 24.1 Å². The summed E-state index contributed by atoms with van der Waals surface area (Å²) in [5, 5.41) is 7.59. The van der Waals surface area contributed by atoms with Gasteiger partial charge in [0.1, 0.15) is 5.75 Å². The number of ether oxygens (including phenoxy) is 3. The van der Waals surface area contributed by atoms with Gasteiger partial charge in [-0.25, -0.2) is 0 Å². The minimum absolute atomic E-state index is 0.0678. The number of hydrogen-bond acceptors (Lipinski definition) is 8. The standard InChI is InChI=1S/C24H27ClN4O5/c1-31-19-9-7-17(25)12-18(19)26-24(30)16-5-4-10-29(13-16)14-22-27-23(28-34-22)15-6-8-20(32-2)21(11-15)33-3/h6-9,11-12,16H,4-5,10,13-14H2,1-3H3,(H,26,30). The van der Waals surface area contributed by atoms with Gasteiger partial charge in [-0.2, -0.15) is 4.98 Å². The molecule has 1 aliphatic heterocycles. The normalized spacial score (nSPS) is 16.2. The Labute approximate surface area is 202 Å². The molecular weight excluding hydrogens is 460 g/mol. The Kier molecular flexibility index (Phi) is 7.54. The summed E-state index contributed by atoms with van der Waals surface area (Å²) in [6.45, 7) is 1.89. The Morgan fingerprint density at radius 2 is 1.88 bits per heavy atom. The van der Waals surface area contributed by atoms with Crippen LogP contribution in [0.5, 0.6) is 17.2 Å². The van der Waals surface area contributed by atoms with E-state index in [9.17, 15) is 4.79 Å². The molecule has 3 aromatic rings. The number of benzene rings is 2. The minimum atomic E-state index is -0.175. The Morgan fingerprint density at radius 3 is 2.65 bits per heavy atom. The van der Waals surface area contributed by atoms with Crippen LogP contribution in [-0.4, -0.2) is 55.4 Å². The van der Waals surface area contributed by atoms with Crippen molar-refractivity contribution < 1.29 is 23.5 Å². The van der Waals surface area contributed by atoms with Crippen LogP contribution in [-0.2, 0) is 11.3 Å². The van der Waals surface area contributed by atoms with Crippen molar-refractivity contribution in [3.8, 4) is 28.6 Å². The second-order valence-electron chi connectivity index (χ2n) is 7.99. The zero-order valence-electron chi connectivity index (χ0n) is 19.3. The lowest BCUT2D eigenvalue weighted by molar-refractivity contribution is -0.121. The fourth-order valence-electron chi connectivity index (χ4n) is 4.03. The lowest BCUT2D eigenvalue weighted by Gasteiger charge is -2.31. The third kappa shape index (κ3) is 5.43. The molecule has 2 aromatic carbocycles. The highest BCUT2D eigenvalue weighted by Gasteiger charge is 2.27. The number of nitrogens with zero attached hydrogens (tertiary/aromatic N) is 3. The first-order chi connectivity index (χ1) is 16.5.